The van der Waals surface area contributed by atoms with E-state index in [0.717, 1.165) is 33.1 Å². The van der Waals surface area contributed by atoms with E-state index in [1.54, 1.807) is 16.3 Å². The molecule has 1 atom stereocenters. The van der Waals surface area contributed by atoms with Gasteiger partial charge in [0.1, 0.15) is 5.37 Å². The zero-order valence-electron chi connectivity index (χ0n) is 14.6. The predicted molar refractivity (Wildman–Crippen MR) is 106 cm³/mol. The van der Waals surface area contributed by atoms with Gasteiger partial charge in [0.15, 0.2) is 11.5 Å². The van der Waals surface area contributed by atoms with Crippen LogP contribution in [0.3, 0.4) is 0 Å². The summed E-state index contributed by atoms with van der Waals surface area (Å²) in [6.07, 6.45) is 0.716. The van der Waals surface area contributed by atoms with Crippen molar-refractivity contribution in [2.45, 2.75) is 17.0 Å². The molecular weight excluding hydrogens is 372 g/mol. The van der Waals surface area contributed by atoms with E-state index in [9.17, 15) is 0 Å². The van der Waals surface area contributed by atoms with E-state index in [-0.39, 0.29) is 5.37 Å². The van der Waals surface area contributed by atoms with E-state index in [2.05, 4.69) is 55.4 Å². The van der Waals surface area contributed by atoms with Gasteiger partial charge in [0, 0.05) is 17.4 Å². The van der Waals surface area contributed by atoms with Gasteiger partial charge in [-0.1, -0.05) is 60.3 Å². The molecule has 2 aromatic carbocycles. The Morgan fingerprint density at radius 1 is 0.964 bits per heavy atom. The molecule has 0 spiro atoms. The van der Waals surface area contributed by atoms with Crippen molar-refractivity contribution in [1.29, 1.82) is 0 Å². The largest absolute Gasteiger partial charge is 0.304 e. The third kappa shape index (κ3) is 2.36. The molecule has 8 nitrogen and oxygen atoms in total. The summed E-state index contributed by atoms with van der Waals surface area (Å²) in [5, 5.41) is 22.9. The topological polar surface area (TPSA) is 85.8 Å². The molecule has 136 valence electrons. The molecular formula is C19H14N8S. The van der Waals surface area contributed by atoms with Crippen LogP contribution in [-0.2, 0) is 6.42 Å². The van der Waals surface area contributed by atoms with Crippen LogP contribution in [0.1, 0.15) is 22.3 Å². The van der Waals surface area contributed by atoms with Crippen LogP contribution in [-0.4, -0.2) is 34.9 Å². The van der Waals surface area contributed by atoms with Gasteiger partial charge in [0.25, 0.3) is 0 Å². The van der Waals surface area contributed by atoms with E-state index < -0.39 is 0 Å². The summed E-state index contributed by atoms with van der Waals surface area (Å²) >= 11 is 1.62. The maximum absolute atomic E-state index is 4.35. The van der Waals surface area contributed by atoms with Crippen LogP contribution >= 0.6 is 11.8 Å². The summed E-state index contributed by atoms with van der Waals surface area (Å²) in [6.45, 7) is 0. The van der Waals surface area contributed by atoms with Crippen molar-refractivity contribution in [3.8, 4) is 0 Å². The molecule has 1 aliphatic rings. The van der Waals surface area contributed by atoms with Crippen LogP contribution in [0.15, 0.2) is 65.8 Å². The fraction of sp³-hybridized carbons (Fsp3) is 0.105. The highest BCUT2D eigenvalue weighted by Crippen LogP contribution is 2.40. The average molecular weight is 386 g/mol. The minimum absolute atomic E-state index is 0.0434. The highest BCUT2D eigenvalue weighted by Gasteiger charge is 2.30. The first-order chi connectivity index (χ1) is 13.9. The molecule has 1 N–H and O–H groups in total. The molecule has 9 heteroatoms. The summed E-state index contributed by atoms with van der Waals surface area (Å²) in [5.41, 5.74) is 7.45. The lowest BCUT2D eigenvalue weighted by molar-refractivity contribution is 0.746. The molecule has 0 saturated heterocycles. The first kappa shape index (κ1) is 15.6. The lowest BCUT2D eigenvalue weighted by Crippen LogP contribution is -2.16. The SMILES string of the molecule is c1ccc(Cc2nnc3n2NC(c2cc4ccccc4n4nnnc24)S3)cc1. The molecule has 28 heavy (non-hydrogen) atoms. The molecule has 5 aromatic rings. The highest BCUT2D eigenvalue weighted by molar-refractivity contribution is 7.99. The number of thioether (sulfide) groups is 1. The Bertz CT molecular complexity index is 1310. The quantitative estimate of drug-likeness (QED) is 0.510. The van der Waals surface area contributed by atoms with Crippen molar-refractivity contribution in [2.24, 2.45) is 0 Å². The monoisotopic (exact) mass is 386 g/mol. The normalized spacial score (nSPS) is 15.8. The number of pyridine rings is 1. The molecule has 0 amide bonds. The molecule has 0 fully saturated rings. The molecule has 4 heterocycles. The van der Waals surface area contributed by atoms with E-state index in [1.807, 2.05) is 41.1 Å². The Morgan fingerprint density at radius 2 is 1.82 bits per heavy atom. The second kappa shape index (κ2) is 6.03. The third-order valence-corrected chi connectivity index (χ3v) is 5.93. The van der Waals surface area contributed by atoms with E-state index in [1.165, 1.54) is 5.56 Å². The molecule has 1 aliphatic heterocycles. The van der Waals surface area contributed by atoms with E-state index >= 15 is 0 Å². The minimum atomic E-state index is -0.0434. The Balaban J connectivity index is 1.39. The minimum Gasteiger partial charge on any atom is -0.304 e. The van der Waals surface area contributed by atoms with Gasteiger partial charge in [-0.05, 0) is 28.1 Å². The first-order valence-electron chi connectivity index (χ1n) is 8.88. The van der Waals surface area contributed by atoms with Crippen molar-refractivity contribution >= 4 is 28.3 Å². The Hall–Kier alpha value is -3.46. The van der Waals surface area contributed by atoms with Crippen molar-refractivity contribution in [3.63, 3.8) is 0 Å². The van der Waals surface area contributed by atoms with Crippen molar-refractivity contribution in [1.82, 2.24) is 34.9 Å². The van der Waals surface area contributed by atoms with Gasteiger partial charge in [-0.15, -0.1) is 15.3 Å². The van der Waals surface area contributed by atoms with Crippen LogP contribution in [0.2, 0.25) is 0 Å². The molecule has 0 aliphatic carbocycles. The zero-order valence-corrected chi connectivity index (χ0v) is 15.4. The van der Waals surface area contributed by atoms with Gasteiger partial charge < -0.3 is 5.43 Å². The molecule has 3 aromatic heterocycles. The summed E-state index contributed by atoms with van der Waals surface area (Å²) in [7, 11) is 0. The van der Waals surface area contributed by atoms with Gasteiger partial charge in [0.2, 0.25) is 5.16 Å². The van der Waals surface area contributed by atoms with Gasteiger partial charge in [-0.2, -0.15) is 4.52 Å². The summed E-state index contributed by atoms with van der Waals surface area (Å²) < 4.78 is 3.76. The lowest BCUT2D eigenvalue weighted by Gasteiger charge is -2.14. The number of aromatic nitrogens is 7. The maximum Gasteiger partial charge on any atom is 0.212 e. The molecule has 0 saturated carbocycles. The molecule has 0 radical (unpaired) electrons. The molecule has 1 unspecified atom stereocenters. The first-order valence-corrected chi connectivity index (χ1v) is 9.76. The second-order valence-electron chi connectivity index (χ2n) is 6.60. The maximum atomic E-state index is 4.35. The van der Waals surface area contributed by atoms with Gasteiger partial charge >= 0.3 is 0 Å². The lowest BCUT2D eigenvalue weighted by atomic mass is 10.1. The molecule has 0 bridgehead atoms. The number of tetrazole rings is 1. The average Bonchev–Trinajstić information content (AvgIpc) is 3.45. The number of nitrogens with one attached hydrogen (secondary N) is 1. The van der Waals surface area contributed by atoms with Crippen LogP contribution in [0.4, 0.5) is 0 Å². The van der Waals surface area contributed by atoms with Gasteiger partial charge in [-0.3, -0.25) is 0 Å². The van der Waals surface area contributed by atoms with Crippen molar-refractivity contribution in [3.05, 3.63) is 77.6 Å². The number of rotatable bonds is 3. The summed E-state index contributed by atoms with van der Waals surface area (Å²) in [6, 6.07) is 20.5. The fourth-order valence-electron chi connectivity index (χ4n) is 3.54. The standard InChI is InChI=1S/C19H14N8S/c1-2-6-12(7-3-1)10-16-20-22-19-27(16)23-18(28-19)14-11-13-8-4-5-9-15(13)26-17(14)21-24-25-26/h1-9,11,18,23H,10H2. The zero-order chi connectivity index (χ0) is 18.5. The number of nitrogens with zero attached hydrogens (tertiary/aromatic N) is 7. The number of hydrogen-bond donors (Lipinski definition) is 1. The third-order valence-electron chi connectivity index (χ3n) is 4.86. The Kier molecular flexibility index (Phi) is 3.36. The number of hydrogen-bond acceptors (Lipinski definition) is 7. The van der Waals surface area contributed by atoms with Gasteiger partial charge in [-0.25, -0.2) is 4.68 Å². The predicted octanol–water partition coefficient (Wildman–Crippen LogP) is 2.81. The van der Waals surface area contributed by atoms with Crippen LogP contribution in [0, 0.1) is 0 Å². The number of para-hydroxylation sites is 1. The van der Waals surface area contributed by atoms with Crippen molar-refractivity contribution in [2.75, 3.05) is 5.43 Å². The van der Waals surface area contributed by atoms with Crippen LogP contribution in [0.5, 0.6) is 0 Å². The van der Waals surface area contributed by atoms with Crippen molar-refractivity contribution < 1.29 is 0 Å². The fourth-order valence-corrected chi connectivity index (χ4v) is 4.56. The summed E-state index contributed by atoms with van der Waals surface area (Å²) in [4.78, 5) is 0. The summed E-state index contributed by atoms with van der Waals surface area (Å²) in [5.74, 6) is 0.882. The number of benzene rings is 2. The Morgan fingerprint density at radius 3 is 2.75 bits per heavy atom. The Labute approximate surface area is 163 Å². The van der Waals surface area contributed by atoms with Crippen LogP contribution in [0.25, 0.3) is 16.6 Å². The van der Waals surface area contributed by atoms with E-state index in [4.69, 9.17) is 0 Å². The van der Waals surface area contributed by atoms with E-state index in [0.29, 0.717) is 6.42 Å². The molecule has 6 rings (SSSR count). The second-order valence-corrected chi connectivity index (χ2v) is 7.67. The van der Waals surface area contributed by atoms with Gasteiger partial charge in [0.05, 0.1) is 5.52 Å². The van der Waals surface area contributed by atoms with Crippen LogP contribution < -0.4 is 5.43 Å². The number of fused-ring (bicyclic) bond motifs is 4. The highest BCUT2D eigenvalue weighted by atomic mass is 32.2. The smallest absolute Gasteiger partial charge is 0.212 e.